The van der Waals surface area contributed by atoms with Crippen LogP contribution in [0.4, 0.5) is 0 Å². The molecule has 0 aromatic rings. The Kier molecular flexibility index (Phi) is 10.6. The molecule has 3 aliphatic rings. The van der Waals surface area contributed by atoms with Crippen molar-refractivity contribution in [3.05, 3.63) is 12.7 Å². The van der Waals surface area contributed by atoms with Crippen LogP contribution in [0.5, 0.6) is 0 Å². The van der Waals surface area contributed by atoms with Gasteiger partial charge in [-0.3, -0.25) is 0 Å². The second-order valence-electron chi connectivity index (χ2n) is 8.40. The molecule has 0 nitrogen and oxygen atoms in total. The van der Waals surface area contributed by atoms with Crippen molar-refractivity contribution in [2.45, 2.75) is 101 Å². The summed E-state index contributed by atoms with van der Waals surface area (Å²) in [6, 6.07) is 0. The van der Waals surface area contributed by atoms with Gasteiger partial charge in [0.1, 0.15) is 0 Å². The van der Waals surface area contributed by atoms with Gasteiger partial charge in [0.05, 0.1) is 0 Å². The van der Waals surface area contributed by atoms with E-state index in [2.05, 4.69) is 48.1 Å². The van der Waals surface area contributed by atoms with Crippen molar-refractivity contribution in [3.63, 3.8) is 0 Å². The Labute approximate surface area is 130 Å². The number of hydrogen-bond donors (Lipinski definition) is 0. The molecule has 0 unspecified atom stereocenters. The van der Waals surface area contributed by atoms with E-state index in [0.717, 1.165) is 16.2 Å². The molecule has 0 saturated heterocycles. The van der Waals surface area contributed by atoms with Crippen LogP contribution < -0.4 is 0 Å². The minimum absolute atomic E-state index is 0.750. The molecule has 0 heterocycles. The van der Waals surface area contributed by atoms with Gasteiger partial charge in [0.15, 0.2) is 0 Å². The first-order valence-corrected chi connectivity index (χ1v) is 8.61. The third-order valence-electron chi connectivity index (χ3n) is 3.75. The Bertz CT molecular complexity index is 187. The van der Waals surface area contributed by atoms with E-state index >= 15 is 0 Å². The van der Waals surface area contributed by atoms with Gasteiger partial charge in [0.25, 0.3) is 0 Å². The Morgan fingerprint density at radius 3 is 0.650 bits per heavy atom. The molecule has 0 spiro atoms. The average molecular weight is 283 g/mol. The number of allylic oxidation sites excluding steroid dienone is 1. The van der Waals surface area contributed by atoms with Crippen molar-refractivity contribution in [3.8, 4) is 0 Å². The lowest BCUT2D eigenvalue weighted by Crippen LogP contribution is -1.75. The third-order valence-corrected chi connectivity index (χ3v) is 3.75. The summed E-state index contributed by atoms with van der Waals surface area (Å²) in [5.74, 6) is 0. The number of rotatable bonds is 0. The van der Waals surface area contributed by atoms with Crippen molar-refractivity contribution in [2.24, 2.45) is 16.2 Å². The SMILES string of the molecule is C=CC.CC.CC1(C)CC1.CC1(C)CC1.CC1(C)CC1. The molecule has 0 aliphatic heterocycles. The van der Waals surface area contributed by atoms with E-state index in [1.54, 1.807) is 6.08 Å². The van der Waals surface area contributed by atoms with Crippen LogP contribution in [0.25, 0.3) is 0 Å². The quantitative estimate of drug-likeness (QED) is 0.400. The Hall–Kier alpha value is -0.260. The topological polar surface area (TPSA) is 0 Å². The molecule has 0 amide bonds. The largest absolute Gasteiger partial charge is 0.103 e. The van der Waals surface area contributed by atoms with Crippen LogP contribution >= 0.6 is 0 Å². The maximum Gasteiger partial charge on any atom is -0.0354 e. The zero-order valence-corrected chi connectivity index (χ0v) is 16.0. The van der Waals surface area contributed by atoms with Crippen molar-refractivity contribution in [2.75, 3.05) is 0 Å². The highest BCUT2D eigenvalue weighted by atomic mass is 14.4. The Morgan fingerprint density at radius 2 is 0.650 bits per heavy atom. The standard InChI is InChI=1S/3C5H10.C3H6.C2H6/c3*1-5(2)3-4-5;1-3-2;1-2/h3*3-4H2,1-2H3;3H,1H2,2H3;1-2H3. The lowest BCUT2D eigenvalue weighted by molar-refractivity contribution is 0.652. The summed E-state index contributed by atoms with van der Waals surface area (Å²) in [7, 11) is 0. The first-order chi connectivity index (χ1) is 9.04. The molecule has 0 N–H and O–H groups in total. The molecular weight excluding hydrogens is 240 g/mol. The lowest BCUT2D eigenvalue weighted by Gasteiger charge is -1.86. The van der Waals surface area contributed by atoms with E-state index in [0.29, 0.717) is 0 Å². The van der Waals surface area contributed by atoms with Gasteiger partial charge in [-0.25, -0.2) is 0 Å². The van der Waals surface area contributed by atoms with Crippen LogP contribution in [0.1, 0.15) is 101 Å². The van der Waals surface area contributed by atoms with E-state index in [4.69, 9.17) is 0 Å². The summed E-state index contributed by atoms with van der Waals surface area (Å²) in [5, 5.41) is 0. The molecule has 0 bridgehead atoms. The number of hydrogen-bond acceptors (Lipinski definition) is 0. The maximum absolute atomic E-state index is 3.36. The van der Waals surface area contributed by atoms with Crippen LogP contribution in [0.3, 0.4) is 0 Å². The van der Waals surface area contributed by atoms with Crippen molar-refractivity contribution >= 4 is 0 Å². The molecule has 122 valence electrons. The van der Waals surface area contributed by atoms with Crippen LogP contribution in [-0.4, -0.2) is 0 Å². The molecule has 0 heteroatoms. The summed E-state index contributed by atoms with van der Waals surface area (Å²) in [5.41, 5.74) is 2.25. The summed E-state index contributed by atoms with van der Waals surface area (Å²) in [4.78, 5) is 0. The maximum atomic E-state index is 3.36. The molecule has 3 saturated carbocycles. The molecule has 3 fully saturated rings. The monoisotopic (exact) mass is 282 g/mol. The summed E-state index contributed by atoms with van der Waals surface area (Å²) >= 11 is 0. The predicted octanol–water partition coefficient (Wildman–Crippen LogP) is 7.64. The summed E-state index contributed by atoms with van der Waals surface area (Å²) in [6.45, 7) is 23.0. The normalized spacial score (nSPS) is 23.4. The van der Waals surface area contributed by atoms with Crippen LogP contribution in [-0.2, 0) is 0 Å². The van der Waals surface area contributed by atoms with E-state index in [1.807, 2.05) is 20.8 Å². The van der Waals surface area contributed by atoms with Gasteiger partial charge in [0, 0.05) is 0 Å². The molecule has 0 aromatic carbocycles. The molecule has 3 rings (SSSR count). The molecule has 20 heavy (non-hydrogen) atoms. The average Bonchev–Trinajstić information content (AvgIpc) is 3.27. The fourth-order valence-electron chi connectivity index (χ4n) is 0.750. The third kappa shape index (κ3) is 22.9. The second-order valence-corrected chi connectivity index (χ2v) is 8.40. The van der Waals surface area contributed by atoms with Gasteiger partial charge in [-0.2, -0.15) is 0 Å². The Balaban J connectivity index is 0. The van der Waals surface area contributed by atoms with Gasteiger partial charge in [-0.1, -0.05) is 61.5 Å². The van der Waals surface area contributed by atoms with Crippen LogP contribution in [0.2, 0.25) is 0 Å². The van der Waals surface area contributed by atoms with Gasteiger partial charge < -0.3 is 0 Å². The van der Waals surface area contributed by atoms with Gasteiger partial charge in [-0.05, 0) is 61.7 Å². The van der Waals surface area contributed by atoms with Gasteiger partial charge in [0.2, 0.25) is 0 Å². The Morgan fingerprint density at radius 1 is 0.600 bits per heavy atom. The lowest BCUT2D eigenvalue weighted by atomic mass is 10.2. The molecule has 0 atom stereocenters. The highest BCUT2D eigenvalue weighted by molar-refractivity contribution is 4.83. The highest BCUT2D eigenvalue weighted by Crippen LogP contribution is 2.44. The first kappa shape index (κ1) is 22.0. The van der Waals surface area contributed by atoms with E-state index in [-0.39, 0.29) is 0 Å². The van der Waals surface area contributed by atoms with Crippen LogP contribution in [0, 0.1) is 16.2 Å². The molecule has 3 aliphatic carbocycles. The van der Waals surface area contributed by atoms with Crippen LogP contribution in [0.15, 0.2) is 12.7 Å². The first-order valence-electron chi connectivity index (χ1n) is 8.61. The second kappa shape index (κ2) is 9.64. The van der Waals surface area contributed by atoms with E-state index in [1.165, 1.54) is 38.5 Å². The minimum atomic E-state index is 0.750. The van der Waals surface area contributed by atoms with Crippen molar-refractivity contribution in [1.29, 1.82) is 0 Å². The molecule has 0 aromatic heterocycles. The minimum Gasteiger partial charge on any atom is -0.103 e. The predicted molar refractivity (Wildman–Crippen MR) is 96.3 cm³/mol. The van der Waals surface area contributed by atoms with Gasteiger partial charge in [-0.15, -0.1) is 6.58 Å². The van der Waals surface area contributed by atoms with Crippen molar-refractivity contribution in [1.82, 2.24) is 0 Å². The summed E-state index contributed by atoms with van der Waals surface area (Å²) in [6.07, 6.45) is 10.5. The highest BCUT2D eigenvalue weighted by Gasteiger charge is 2.31. The van der Waals surface area contributed by atoms with Gasteiger partial charge >= 0.3 is 0 Å². The zero-order chi connectivity index (χ0) is 16.4. The molecule has 0 radical (unpaired) electrons. The summed E-state index contributed by atoms with van der Waals surface area (Å²) < 4.78 is 0. The van der Waals surface area contributed by atoms with E-state index < -0.39 is 0 Å². The van der Waals surface area contributed by atoms with E-state index in [9.17, 15) is 0 Å². The fourth-order valence-corrected chi connectivity index (χ4v) is 0.750. The molecular formula is C20H42. The zero-order valence-electron chi connectivity index (χ0n) is 16.0. The van der Waals surface area contributed by atoms with Crippen molar-refractivity contribution < 1.29 is 0 Å². The fraction of sp³-hybridized carbons (Fsp3) is 0.900. The smallest absolute Gasteiger partial charge is 0.0354 e.